The number of benzene rings is 2. The highest BCUT2D eigenvalue weighted by Crippen LogP contribution is 2.22. The summed E-state index contributed by atoms with van der Waals surface area (Å²) >= 11 is 1.59. The van der Waals surface area contributed by atoms with Crippen LogP contribution in [0.4, 0.5) is 4.39 Å². The smallest absolute Gasteiger partial charge is 0.254 e. The molecule has 1 unspecified atom stereocenters. The Morgan fingerprint density at radius 3 is 2.58 bits per heavy atom. The molecule has 1 fully saturated rings. The molecule has 2 aromatic carbocycles. The number of thiophene rings is 1. The van der Waals surface area contributed by atoms with E-state index >= 15 is 0 Å². The molecule has 3 aromatic rings. The third-order valence-corrected chi connectivity index (χ3v) is 7.33. The molecule has 36 heavy (non-hydrogen) atoms. The first kappa shape index (κ1) is 25.9. The Balaban J connectivity index is 1.57. The molecule has 1 aliphatic rings. The fourth-order valence-electron chi connectivity index (χ4n) is 4.24. The van der Waals surface area contributed by atoms with Gasteiger partial charge in [-0.3, -0.25) is 9.59 Å². The molecule has 0 aliphatic carbocycles. The quantitative estimate of drug-likeness (QED) is 0.383. The Labute approximate surface area is 215 Å². The molecule has 1 aromatic heterocycles. The van der Waals surface area contributed by atoms with Crippen LogP contribution in [0, 0.1) is 12.7 Å². The minimum absolute atomic E-state index is 0.0818. The Hall–Kier alpha value is -3.23. The van der Waals surface area contributed by atoms with Crippen LogP contribution in [0.2, 0.25) is 0 Å². The lowest BCUT2D eigenvalue weighted by atomic mass is 10.1. The third kappa shape index (κ3) is 6.71. The molecule has 2 amide bonds. The number of ether oxygens (including phenoxy) is 2. The van der Waals surface area contributed by atoms with Gasteiger partial charge in [0.2, 0.25) is 5.91 Å². The van der Waals surface area contributed by atoms with Gasteiger partial charge in [0.05, 0.1) is 19.8 Å². The molecule has 0 N–H and O–H groups in total. The second-order valence-electron chi connectivity index (χ2n) is 8.96. The Kier molecular flexibility index (Phi) is 8.72. The molecule has 6 nitrogen and oxygen atoms in total. The monoisotopic (exact) mass is 510 g/mol. The number of amides is 2. The lowest BCUT2D eigenvalue weighted by Gasteiger charge is -2.29. The Morgan fingerprint density at radius 2 is 1.92 bits per heavy atom. The van der Waals surface area contributed by atoms with Crippen LogP contribution in [-0.4, -0.2) is 54.5 Å². The van der Waals surface area contributed by atoms with E-state index in [9.17, 15) is 14.0 Å². The van der Waals surface area contributed by atoms with E-state index in [4.69, 9.17) is 9.47 Å². The van der Waals surface area contributed by atoms with E-state index in [1.165, 1.54) is 12.1 Å². The number of methoxy groups -OCH3 is 1. The molecule has 2 heterocycles. The topological polar surface area (TPSA) is 59.1 Å². The number of carbonyl (C=O) groups excluding carboxylic acids is 2. The van der Waals surface area contributed by atoms with E-state index in [2.05, 4.69) is 0 Å². The van der Waals surface area contributed by atoms with Gasteiger partial charge < -0.3 is 19.3 Å². The number of nitrogens with zero attached hydrogens (tertiary/aromatic N) is 2. The van der Waals surface area contributed by atoms with Crippen LogP contribution < -0.4 is 4.74 Å². The lowest BCUT2D eigenvalue weighted by molar-refractivity contribution is -0.133. The summed E-state index contributed by atoms with van der Waals surface area (Å²) in [6.07, 6.45) is 1.69. The van der Waals surface area contributed by atoms with Gasteiger partial charge in [0.15, 0.2) is 0 Å². The predicted octanol–water partition coefficient (Wildman–Crippen LogP) is 5.05. The molecule has 8 heteroatoms. The second-order valence-corrected chi connectivity index (χ2v) is 9.96. The van der Waals surface area contributed by atoms with E-state index in [1.807, 2.05) is 18.4 Å². The maximum absolute atomic E-state index is 13.7. The van der Waals surface area contributed by atoms with Crippen molar-refractivity contribution in [2.75, 3.05) is 26.8 Å². The van der Waals surface area contributed by atoms with Gasteiger partial charge in [-0.25, -0.2) is 4.39 Å². The maximum atomic E-state index is 13.7. The van der Waals surface area contributed by atoms with Crippen molar-refractivity contribution in [3.8, 4) is 5.75 Å². The van der Waals surface area contributed by atoms with E-state index in [0.29, 0.717) is 37.6 Å². The highest BCUT2D eigenvalue weighted by atomic mass is 32.1. The van der Waals surface area contributed by atoms with Gasteiger partial charge in [-0.15, -0.1) is 11.3 Å². The van der Waals surface area contributed by atoms with Crippen molar-refractivity contribution in [1.29, 1.82) is 0 Å². The largest absolute Gasteiger partial charge is 0.497 e. The van der Waals surface area contributed by atoms with E-state index in [0.717, 1.165) is 28.8 Å². The third-order valence-electron chi connectivity index (χ3n) is 6.32. The average Bonchev–Trinajstić information content (AvgIpc) is 3.55. The van der Waals surface area contributed by atoms with Crippen molar-refractivity contribution >= 4 is 23.2 Å². The molecule has 0 spiro atoms. The summed E-state index contributed by atoms with van der Waals surface area (Å²) < 4.78 is 24.5. The number of hydrogen-bond donors (Lipinski definition) is 0. The van der Waals surface area contributed by atoms with Crippen LogP contribution in [0.5, 0.6) is 5.75 Å². The molecule has 1 saturated heterocycles. The molecule has 0 saturated carbocycles. The summed E-state index contributed by atoms with van der Waals surface area (Å²) in [7, 11) is 1.55. The first-order valence-electron chi connectivity index (χ1n) is 12.0. The predicted molar refractivity (Wildman–Crippen MR) is 138 cm³/mol. The van der Waals surface area contributed by atoms with E-state index < -0.39 is 0 Å². The van der Waals surface area contributed by atoms with Crippen molar-refractivity contribution in [1.82, 2.24) is 9.80 Å². The summed E-state index contributed by atoms with van der Waals surface area (Å²) in [5.41, 5.74) is 2.39. The molecule has 0 bridgehead atoms. The van der Waals surface area contributed by atoms with Gasteiger partial charge in [-0.2, -0.15) is 0 Å². The summed E-state index contributed by atoms with van der Waals surface area (Å²) in [6, 6.07) is 15.1. The standard InChI is InChI=1S/C28H31FN2O4S/c1-20-12-14-36-26(20)18-30(16-21-8-10-23(29)11-9-21)27(32)19-31(17-25-7-4-13-35-25)28(33)22-5-3-6-24(15-22)34-2/h3,5-6,8-12,14-15,25H,4,7,13,16-19H2,1-2H3. The van der Waals surface area contributed by atoms with Crippen LogP contribution in [0.1, 0.15) is 39.2 Å². The fourth-order valence-corrected chi connectivity index (χ4v) is 5.16. The van der Waals surface area contributed by atoms with E-state index in [-0.39, 0.29) is 30.3 Å². The lowest BCUT2D eigenvalue weighted by Crippen LogP contribution is -2.45. The molecule has 1 atom stereocenters. The Bertz CT molecular complexity index is 1170. The molecular weight excluding hydrogens is 479 g/mol. The number of halogens is 1. The van der Waals surface area contributed by atoms with Gasteiger partial charge in [0.1, 0.15) is 18.1 Å². The van der Waals surface area contributed by atoms with Crippen LogP contribution in [0.3, 0.4) is 0 Å². The van der Waals surface area contributed by atoms with Gasteiger partial charge >= 0.3 is 0 Å². The summed E-state index contributed by atoms with van der Waals surface area (Å²) in [5.74, 6) is -0.166. The zero-order valence-corrected chi connectivity index (χ0v) is 21.4. The molecule has 190 valence electrons. The fraction of sp³-hybridized carbons (Fsp3) is 0.357. The number of rotatable bonds is 10. The average molecular weight is 511 g/mol. The molecular formula is C28H31FN2O4S. The minimum atomic E-state index is -0.322. The van der Waals surface area contributed by atoms with Crippen LogP contribution in [0.15, 0.2) is 60.0 Å². The summed E-state index contributed by atoms with van der Waals surface area (Å²) in [4.78, 5) is 31.6. The molecule has 0 radical (unpaired) electrons. The van der Waals surface area contributed by atoms with Crippen molar-refractivity contribution in [2.24, 2.45) is 0 Å². The minimum Gasteiger partial charge on any atom is -0.497 e. The first-order chi connectivity index (χ1) is 17.4. The number of hydrogen-bond acceptors (Lipinski definition) is 5. The van der Waals surface area contributed by atoms with E-state index in [1.54, 1.807) is 64.6 Å². The highest BCUT2D eigenvalue weighted by molar-refractivity contribution is 7.10. The summed E-state index contributed by atoms with van der Waals surface area (Å²) in [5, 5.41) is 2.00. The molecule has 4 rings (SSSR count). The molecule has 1 aliphatic heterocycles. The Morgan fingerprint density at radius 1 is 1.11 bits per heavy atom. The second kappa shape index (κ2) is 12.1. The SMILES string of the molecule is COc1cccc(C(=O)N(CC(=O)N(Cc2ccc(F)cc2)Cc2sccc2C)CC2CCCO2)c1. The normalized spacial score (nSPS) is 15.0. The summed E-state index contributed by atoms with van der Waals surface area (Å²) in [6.45, 7) is 3.67. The number of carbonyl (C=O) groups is 2. The zero-order valence-electron chi connectivity index (χ0n) is 20.6. The van der Waals surface area contributed by atoms with Gasteiger partial charge in [-0.05, 0) is 72.7 Å². The van der Waals surface area contributed by atoms with Crippen LogP contribution in [-0.2, 0) is 22.6 Å². The maximum Gasteiger partial charge on any atom is 0.254 e. The van der Waals surface area contributed by atoms with Gasteiger partial charge in [-0.1, -0.05) is 18.2 Å². The zero-order chi connectivity index (χ0) is 25.5. The van der Waals surface area contributed by atoms with Crippen molar-refractivity contribution in [3.63, 3.8) is 0 Å². The van der Waals surface area contributed by atoms with Crippen molar-refractivity contribution in [2.45, 2.75) is 39.0 Å². The van der Waals surface area contributed by atoms with Crippen LogP contribution in [0.25, 0.3) is 0 Å². The van der Waals surface area contributed by atoms with Crippen LogP contribution >= 0.6 is 11.3 Å². The van der Waals surface area contributed by atoms with Crippen molar-refractivity contribution in [3.05, 3.63) is 87.4 Å². The highest BCUT2D eigenvalue weighted by Gasteiger charge is 2.27. The van der Waals surface area contributed by atoms with Gasteiger partial charge in [0, 0.05) is 30.1 Å². The first-order valence-corrected chi connectivity index (χ1v) is 12.9. The van der Waals surface area contributed by atoms with Crippen molar-refractivity contribution < 1.29 is 23.5 Å². The van der Waals surface area contributed by atoms with Gasteiger partial charge in [0.25, 0.3) is 5.91 Å². The number of aryl methyl sites for hydroxylation is 1.